The first-order valence-electron chi connectivity index (χ1n) is 7.79. The molecule has 0 saturated carbocycles. The fourth-order valence-corrected chi connectivity index (χ4v) is 3.83. The van der Waals surface area contributed by atoms with E-state index in [1.807, 2.05) is 12.1 Å². The number of benzene rings is 1. The second-order valence-electron chi connectivity index (χ2n) is 5.66. The largest absolute Gasteiger partial charge is 0.416 e. The van der Waals surface area contributed by atoms with Crippen LogP contribution >= 0.6 is 0 Å². The van der Waals surface area contributed by atoms with Gasteiger partial charge in [-0.15, -0.1) is 0 Å². The maximum absolute atomic E-state index is 12.8. The van der Waals surface area contributed by atoms with E-state index in [0.29, 0.717) is 30.9 Å². The summed E-state index contributed by atoms with van der Waals surface area (Å²) in [5.41, 5.74) is 1.13. The zero-order valence-corrected chi connectivity index (χ0v) is 14.3. The van der Waals surface area contributed by atoms with Gasteiger partial charge in [0.1, 0.15) is 22.7 Å². The molecule has 2 aromatic rings. The predicted molar refractivity (Wildman–Crippen MR) is 91.0 cm³/mol. The van der Waals surface area contributed by atoms with Gasteiger partial charge in [-0.1, -0.05) is 18.2 Å². The standard InChI is InChI=1S/C18H14F3N3OS/c19-18(20,21)14-3-1-5-16(11-14)26(25)24-9-7-13(8-10-24)17-6-2-4-15(12-22)23-17/h1-7,11H,8-10H2. The van der Waals surface area contributed by atoms with Gasteiger partial charge in [0, 0.05) is 13.1 Å². The number of hydrogen-bond acceptors (Lipinski definition) is 3. The van der Waals surface area contributed by atoms with Crippen LogP contribution in [0.1, 0.15) is 23.4 Å². The molecule has 1 aromatic heterocycles. The number of nitriles is 1. The quantitative estimate of drug-likeness (QED) is 0.818. The van der Waals surface area contributed by atoms with Gasteiger partial charge in [-0.05, 0) is 42.3 Å². The van der Waals surface area contributed by atoms with Gasteiger partial charge in [-0.25, -0.2) is 13.5 Å². The molecule has 4 nitrogen and oxygen atoms in total. The van der Waals surface area contributed by atoms with E-state index in [1.165, 1.54) is 12.1 Å². The summed E-state index contributed by atoms with van der Waals surface area (Å²) in [6.45, 7) is 0.754. The van der Waals surface area contributed by atoms with E-state index in [4.69, 9.17) is 5.26 Å². The highest BCUT2D eigenvalue weighted by Crippen LogP contribution is 2.31. The minimum Gasteiger partial charge on any atom is -0.237 e. The molecule has 3 rings (SSSR count). The van der Waals surface area contributed by atoms with Crippen molar-refractivity contribution in [2.24, 2.45) is 0 Å². The SMILES string of the molecule is N#Cc1cccc(C2=CCN(S(=O)c3cccc(C(F)(F)F)c3)CC2)n1. The average Bonchev–Trinajstić information content (AvgIpc) is 2.67. The Kier molecular flexibility index (Phi) is 5.20. The molecule has 134 valence electrons. The van der Waals surface area contributed by atoms with Crippen molar-refractivity contribution in [1.82, 2.24) is 9.29 Å². The first-order chi connectivity index (χ1) is 12.4. The van der Waals surface area contributed by atoms with Crippen molar-refractivity contribution in [1.29, 1.82) is 5.26 Å². The molecule has 1 aromatic carbocycles. The van der Waals surface area contributed by atoms with Crippen LogP contribution in [0.2, 0.25) is 0 Å². The second-order valence-corrected chi connectivity index (χ2v) is 7.15. The summed E-state index contributed by atoms with van der Waals surface area (Å²) in [5, 5.41) is 8.92. The molecule has 0 fully saturated rings. The van der Waals surface area contributed by atoms with Crippen molar-refractivity contribution in [3.8, 4) is 6.07 Å². The maximum atomic E-state index is 12.8. The normalized spacial score (nSPS) is 16.6. The van der Waals surface area contributed by atoms with Crippen LogP contribution in [0.4, 0.5) is 13.2 Å². The third-order valence-electron chi connectivity index (χ3n) is 3.96. The fourth-order valence-electron chi connectivity index (χ4n) is 2.64. The molecule has 0 N–H and O–H groups in total. The van der Waals surface area contributed by atoms with E-state index in [-0.39, 0.29) is 4.90 Å². The molecule has 8 heteroatoms. The highest BCUT2D eigenvalue weighted by atomic mass is 32.2. The van der Waals surface area contributed by atoms with E-state index >= 15 is 0 Å². The Morgan fingerprint density at radius 3 is 2.62 bits per heavy atom. The molecule has 0 bridgehead atoms. The number of rotatable bonds is 3. The van der Waals surface area contributed by atoms with Gasteiger partial charge in [-0.3, -0.25) is 0 Å². The lowest BCUT2D eigenvalue weighted by atomic mass is 10.1. The molecule has 0 aliphatic carbocycles. The van der Waals surface area contributed by atoms with Gasteiger partial charge in [0.05, 0.1) is 16.2 Å². The zero-order chi connectivity index (χ0) is 18.7. The molecule has 26 heavy (non-hydrogen) atoms. The smallest absolute Gasteiger partial charge is 0.237 e. The number of halogens is 3. The first-order valence-corrected chi connectivity index (χ1v) is 8.90. The summed E-state index contributed by atoms with van der Waals surface area (Å²) in [7, 11) is -1.68. The van der Waals surface area contributed by atoms with Gasteiger partial charge in [0.25, 0.3) is 0 Å². The Morgan fingerprint density at radius 2 is 1.96 bits per heavy atom. The van der Waals surface area contributed by atoms with Crippen molar-refractivity contribution in [2.75, 3.05) is 13.1 Å². The maximum Gasteiger partial charge on any atom is 0.416 e. The van der Waals surface area contributed by atoms with Crippen LogP contribution in [-0.4, -0.2) is 26.6 Å². The van der Waals surface area contributed by atoms with E-state index in [1.54, 1.807) is 22.5 Å². The molecular weight excluding hydrogens is 363 g/mol. The fraction of sp³-hybridized carbons (Fsp3) is 0.222. The van der Waals surface area contributed by atoms with Crippen molar-refractivity contribution >= 4 is 16.6 Å². The second kappa shape index (κ2) is 7.40. The Hall–Kier alpha value is -2.50. The lowest BCUT2D eigenvalue weighted by Crippen LogP contribution is -2.30. The average molecular weight is 377 g/mol. The molecule has 0 amide bonds. The Morgan fingerprint density at radius 1 is 1.19 bits per heavy atom. The van der Waals surface area contributed by atoms with E-state index in [9.17, 15) is 17.4 Å². The minimum absolute atomic E-state index is 0.126. The molecule has 1 aliphatic rings. The number of pyridine rings is 1. The first kappa shape index (κ1) is 18.3. The molecule has 1 atom stereocenters. The van der Waals surface area contributed by atoms with E-state index < -0.39 is 22.7 Å². The van der Waals surface area contributed by atoms with Gasteiger partial charge in [0.15, 0.2) is 0 Å². The summed E-state index contributed by atoms with van der Waals surface area (Å²) in [5.74, 6) is 0. The van der Waals surface area contributed by atoms with Crippen molar-refractivity contribution < 1.29 is 17.4 Å². The van der Waals surface area contributed by atoms with Crippen molar-refractivity contribution in [3.63, 3.8) is 0 Å². The van der Waals surface area contributed by atoms with Crippen LogP contribution in [0.5, 0.6) is 0 Å². The minimum atomic E-state index is -4.47. The van der Waals surface area contributed by atoms with Crippen LogP contribution in [0.15, 0.2) is 53.4 Å². The monoisotopic (exact) mass is 377 g/mol. The number of aromatic nitrogens is 1. The van der Waals surface area contributed by atoms with Crippen LogP contribution in [0.3, 0.4) is 0 Å². The van der Waals surface area contributed by atoms with Crippen molar-refractivity contribution in [2.45, 2.75) is 17.5 Å². The lowest BCUT2D eigenvalue weighted by Gasteiger charge is -2.25. The highest BCUT2D eigenvalue weighted by molar-refractivity contribution is 7.82. The zero-order valence-electron chi connectivity index (χ0n) is 13.5. The third-order valence-corrected chi connectivity index (χ3v) is 5.42. The predicted octanol–water partition coefficient (Wildman–Crippen LogP) is 3.78. The van der Waals surface area contributed by atoms with Crippen LogP contribution in [-0.2, 0) is 17.2 Å². The molecular formula is C18H14F3N3OS. The molecule has 1 aliphatic heterocycles. The molecule has 0 saturated heterocycles. The molecule has 2 heterocycles. The number of nitrogens with zero attached hydrogens (tertiary/aromatic N) is 3. The number of hydrogen-bond donors (Lipinski definition) is 0. The number of alkyl halides is 3. The van der Waals surface area contributed by atoms with Crippen LogP contribution < -0.4 is 0 Å². The van der Waals surface area contributed by atoms with Gasteiger partial charge < -0.3 is 0 Å². The van der Waals surface area contributed by atoms with Crippen LogP contribution in [0.25, 0.3) is 5.57 Å². The van der Waals surface area contributed by atoms with Crippen LogP contribution in [0, 0.1) is 11.3 Å². The van der Waals surface area contributed by atoms with Gasteiger partial charge >= 0.3 is 6.18 Å². The summed E-state index contributed by atoms with van der Waals surface area (Å²) < 4.78 is 52.7. The molecule has 0 radical (unpaired) electrons. The van der Waals surface area contributed by atoms with Crippen molar-refractivity contribution in [3.05, 3.63) is 65.5 Å². The summed E-state index contributed by atoms with van der Waals surface area (Å²) in [6.07, 6.45) is -2.07. The third kappa shape index (κ3) is 4.00. The molecule has 0 spiro atoms. The summed E-state index contributed by atoms with van der Waals surface area (Å²) >= 11 is 0. The lowest BCUT2D eigenvalue weighted by molar-refractivity contribution is -0.137. The van der Waals surface area contributed by atoms with Gasteiger partial charge in [0.2, 0.25) is 0 Å². The highest BCUT2D eigenvalue weighted by Gasteiger charge is 2.31. The molecule has 1 unspecified atom stereocenters. The summed E-state index contributed by atoms with van der Waals surface area (Å²) in [4.78, 5) is 4.36. The van der Waals surface area contributed by atoms with E-state index in [0.717, 1.165) is 17.7 Å². The van der Waals surface area contributed by atoms with Gasteiger partial charge in [-0.2, -0.15) is 18.4 Å². The summed E-state index contributed by atoms with van der Waals surface area (Å²) in [6, 6.07) is 11.7. The topological polar surface area (TPSA) is 57.0 Å². The Labute approximate surface area is 151 Å². The van der Waals surface area contributed by atoms with E-state index in [2.05, 4.69) is 4.98 Å². The Balaban J connectivity index is 1.76. The Bertz CT molecular complexity index is 918.